The van der Waals surface area contributed by atoms with Gasteiger partial charge >= 0.3 is 0 Å². The molecule has 1 aromatic rings. The molecule has 3 N–H and O–H groups in total. The zero-order valence-electron chi connectivity index (χ0n) is 25.0. The molecule has 3 amide bonds. The van der Waals surface area contributed by atoms with E-state index in [0.717, 1.165) is 38.5 Å². The summed E-state index contributed by atoms with van der Waals surface area (Å²) in [5.74, 6) is 2.54. The number of hydrogen-bond acceptors (Lipinski definition) is 3. The second-order valence-electron chi connectivity index (χ2n) is 13.4. The predicted molar refractivity (Wildman–Crippen MR) is 159 cm³/mol. The number of nitrogens with one attached hydrogen (secondary N) is 3. The SMILES string of the molecule is CC1CCCC(C(=O)Nc2cc(NC(=O)C3CCCC(C)C3C)cc(NC(=O)C3CCCC(C)C3C)c2)C1C. The zero-order chi connectivity index (χ0) is 28.3. The van der Waals surface area contributed by atoms with Crippen molar-refractivity contribution < 1.29 is 14.4 Å². The predicted octanol–water partition coefficient (Wildman–Crippen LogP) is 7.72. The first kappa shape index (κ1) is 29.6. The summed E-state index contributed by atoms with van der Waals surface area (Å²) in [5, 5.41) is 9.42. The molecule has 39 heavy (non-hydrogen) atoms. The third-order valence-electron chi connectivity index (χ3n) is 10.9. The molecule has 3 fully saturated rings. The average Bonchev–Trinajstić information content (AvgIpc) is 2.88. The lowest BCUT2D eigenvalue weighted by Gasteiger charge is -2.34. The molecule has 0 bridgehead atoms. The van der Waals surface area contributed by atoms with Gasteiger partial charge in [0.05, 0.1) is 0 Å². The van der Waals surface area contributed by atoms with Gasteiger partial charge in [-0.25, -0.2) is 0 Å². The fourth-order valence-electron chi connectivity index (χ4n) is 7.40. The second-order valence-corrected chi connectivity index (χ2v) is 13.4. The van der Waals surface area contributed by atoms with Crippen molar-refractivity contribution in [2.45, 2.75) is 99.3 Å². The molecule has 9 atom stereocenters. The molecule has 0 saturated heterocycles. The second kappa shape index (κ2) is 12.9. The van der Waals surface area contributed by atoms with Crippen LogP contribution in [-0.4, -0.2) is 17.7 Å². The highest BCUT2D eigenvalue weighted by atomic mass is 16.2. The summed E-state index contributed by atoms with van der Waals surface area (Å²) in [4.78, 5) is 40.1. The van der Waals surface area contributed by atoms with E-state index in [1.165, 1.54) is 19.3 Å². The first-order valence-electron chi connectivity index (χ1n) is 15.6. The van der Waals surface area contributed by atoms with Gasteiger partial charge in [-0.1, -0.05) is 80.1 Å². The van der Waals surface area contributed by atoms with E-state index in [1.807, 2.05) is 18.2 Å². The van der Waals surface area contributed by atoms with Crippen molar-refractivity contribution in [1.82, 2.24) is 0 Å². The first-order valence-corrected chi connectivity index (χ1v) is 15.6. The molecule has 0 heterocycles. The Hall–Kier alpha value is -2.37. The van der Waals surface area contributed by atoms with Crippen molar-refractivity contribution in [2.75, 3.05) is 16.0 Å². The Morgan fingerprint density at radius 3 is 1.00 bits per heavy atom. The molecule has 3 saturated carbocycles. The third-order valence-corrected chi connectivity index (χ3v) is 10.9. The minimum atomic E-state index is -0.0285. The van der Waals surface area contributed by atoms with E-state index in [-0.39, 0.29) is 35.5 Å². The maximum absolute atomic E-state index is 13.4. The summed E-state index contributed by atoms with van der Waals surface area (Å²) < 4.78 is 0. The summed E-state index contributed by atoms with van der Waals surface area (Å²) >= 11 is 0. The van der Waals surface area contributed by atoms with Gasteiger partial charge in [0.1, 0.15) is 0 Å². The van der Waals surface area contributed by atoms with E-state index in [0.29, 0.717) is 52.6 Å². The maximum Gasteiger partial charge on any atom is 0.227 e. The van der Waals surface area contributed by atoms with Crippen LogP contribution in [0.2, 0.25) is 0 Å². The molecule has 0 spiro atoms. The molecular formula is C33H51N3O3. The van der Waals surface area contributed by atoms with Crippen molar-refractivity contribution in [3.63, 3.8) is 0 Å². The largest absolute Gasteiger partial charge is 0.326 e. The molecule has 6 heteroatoms. The van der Waals surface area contributed by atoms with Crippen LogP contribution in [0.3, 0.4) is 0 Å². The van der Waals surface area contributed by atoms with E-state index in [2.05, 4.69) is 57.5 Å². The van der Waals surface area contributed by atoms with Gasteiger partial charge < -0.3 is 16.0 Å². The Morgan fingerprint density at radius 1 is 0.487 bits per heavy atom. The summed E-state index contributed by atoms with van der Waals surface area (Å²) in [6.45, 7) is 13.2. The highest BCUT2D eigenvalue weighted by molar-refractivity contribution is 5.99. The van der Waals surface area contributed by atoms with E-state index < -0.39 is 0 Å². The van der Waals surface area contributed by atoms with Gasteiger partial charge in [0.15, 0.2) is 0 Å². The van der Waals surface area contributed by atoms with Crippen LogP contribution < -0.4 is 16.0 Å². The van der Waals surface area contributed by atoms with Gasteiger partial charge in [-0.15, -0.1) is 0 Å². The smallest absolute Gasteiger partial charge is 0.227 e. The summed E-state index contributed by atoms with van der Waals surface area (Å²) in [5.41, 5.74) is 1.86. The van der Waals surface area contributed by atoms with E-state index in [9.17, 15) is 14.4 Å². The van der Waals surface area contributed by atoms with Crippen LogP contribution in [-0.2, 0) is 14.4 Å². The Morgan fingerprint density at radius 2 is 0.744 bits per heavy atom. The number of carbonyl (C=O) groups excluding carboxylic acids is 3. The molecule has 3 aliphatic rings. The lowest BCUT2D eigenvalue weighted by molar-refractivity contribution is -0.123. The Kier molecular flexibility index (Phi) is 9.77. The number of carbonyl (C=O) groups is 3. The Labute approximate surface area is 235 Å². The van der Waals surface area contributed by atoms with Crippen LogP contribution in [0.15, 0.2) is 18.2 Å². The summed E-state index contributed by atoms with van der Waals surface area (Å²) in [7, 11) is 0. The highest BCUT2D eigenvalue weighted by Crippen LogP contribution is 2.38. The van der Waals surface area contributed by atoms with Crippen LogP contribution >= 0.6 is 0 Å². The van der Waals surface area contributed by atoms with Crippen LogP contribution in [0.5, 0.6) is 0 Å². The third kappa shape index (κ3) is 7.05. The normalized spacial score (nSPS) is 35.1. The number of rotatable bonds is 6. The molecule has 0 radical (unpaired) electrons. The number of benzene rings is 1. The number of hydrogen-bond donors (Lipinski definition) is 3. The van der Waals surface area contributed by atoms with Crippen LogP contribution in [0.1, 0.15) is 99.3 Å². The monoisotopic (exact) mass is 537 g/mol. The van der Waals surface area contributed by atoms with Gasteiger partial charge in [-0.05, 0) is 73.0 Å². The minimum Gasteiger partial charge on any atom is -0.326 e. The van der Waals surface area contributed by atoms with Gasteiger partial charge in [-0.3, -0.25) is 14.4 Å². The van der Waals surface area contributed by atoms with Crippen LogP contribution in [0.4, 0.5) is 17.1 Å². The molecule has 6 nitrogen and oxygen atoms in total. The minimum absolute atomic E-state index is 0.0271. The lowest BCUT2D eigenvalue weighted by Crippen LogP contribution is -2.35. The van der Waals surface area contributed by atoms with Crippen LogP contribution in [0, 0.1) is 53.3 Å². The summed E-state index contributed by atoms with van der Waals surface area (Å²) in [6.07, 6.45) is 9.38. The quantitative estimate of drug-likeness (QED) is 0.347. The number of amides is 3. The van der Waals surface area contributed by atoms with Gasteiger partial charge in [0.25, 0.3) is 0 Å². The van der Waals surface area contributed by atoms with Crippen molar-refractivity contribution in [2.24, 2.45) is 53.3 Å². The standard InChI is InChI=1S/C33H51N3O3/c1-19-10-7-13-28(22(19)4)31(37)34-25-16-26(35-32(38)29-14-8-11-20(2)23(29)5)18-27(17-25)36-33(39)30-15-9-12-21(3)24(30)6/h16-24,28-30H,7-15H2,1-6H3,(H,34,37)(H,35,38)(H,36,39). The maximum atomic E-state index is 13.4. The first-order chi connectivity index (χ1) is 18.5. The van der Waals surface area contributed by atoms with Crippen molar-refractivity contribution in [3.8, 4) is 0 Å². The molecule has 0 aromatic heterocycles. The lowest BCUT2D eigenvalue weighted by atomic mass is 9.73. The van der Waals surface area contributed by atoms with Gasteiger partial charge in [0, 0.05) is 34.8 Å². The molecule has 216 valence electrons. The van der Waals surface area contributed by atoms with E-state index >= 15 is 0 Å². The zero-order valence-corrected chi connectivity index (χ0v) is 25.0. The van der Waals surface area contributed by atoms with Gasteiger partial charge in [0.2, 0.25) is 17.7 Å². The van der Waals surface area contributed by atoms with E-state index in [1.54, 1.807) is 0 Å². The van der Waals surface area contributed by atoms with Crippen molar-refractivity contribution in [1.29, 1.82) is 0 Å². The van der Waals surface area contributed by atoms with Crippen LogP contribution in [0.25, 0.3) is 0 Å². The Bertz CT molecular complexity index is 898. The molecule has 1 aromatic carbocycles. The van der Waals surface area contributed by atoms with E-state index in [4.69, 9.17) is 0 Å². The fourth-order valence-corrected chi connectivity index (χ4v) is 7.40. The van der Waals surface area contributed by atoms with Crippen molar-refractivity contribution >= 4 is 34.8 Å². The Balaban J connectivity index is 1.55. The summed E-state index contributed by atoms with van der Waals surface area (Å²) in [6, 6.07) is 5.51. The molecule has 9 unspecified atom stereocenters. The van der Waals surface area contributed by atoms with Gasteiger partial charge in [-0.2, -0.15) is 0 Å². The molecule has 4 rings (SSSR count). The number of anilines is 3. The molecular weight excluding hydrogens is 486 g/mol. The molecule has 0 aliphatic heterocycles. The highest BCUT2D eigenvalue weighted by Gasteiger charge is 2.35. The fraction of sp³-hybridized carbons (Fsp3) is 0.727. The molecule has 3 aliphatic carbocycles. The van der Waals surface area contributed by atoms with Crippen molar-refractivity contribution in [3.05, 3.63) is 18.2 Å². The average molecular weight is 538 g/mol. The topological polar surface area (TPSA) is 87.3 Å².